The van der Waals surface area contributed by atoms with Crippen LogP contribution < -0.4 is 11.0 Å². The third-order valence-electron chi connectivity index (χ3n) is 4.02. The molecule has 0 unspecified atom stereocenters. The number of amides is 1. The summed E-state index contributed by atoms with van der Waals surface area (Å²) in [4.78, 5) is 35.4. The van der Waals surface area contributed by atoms with Crippen LogP contribution in [0.4, 0.5) is 5.69 Å². The van der Waals surface area contributed by atoms with Crippen LogP contribution in [0.2, 0.25) is 0 Å². The molecule has 3 heterocycles. The summed E-state index contributed by atoms with van der Waals surface area (Å²) >= 11 is 2.90. The quantitative estimate of drug-likeness (QED) is 0.569. The Balaban J connectivity index is 1.71. The van der Waals surface area contributed by atoms with Crippen molar-refractivity contribution in [2.45, 2.75) is 20.4 Å². The van der Waals surface area contributed by atoms with Crippen molar-refractivity contribution in [3.63, 3.8) is 0 Å². The molecule has 0 aliphatic carbocycles. The molecule has 0 aliphatic rings. The normalized spacial score (nSPS) is 11.0. The van der Waals surface area contributed by atoms with Crippen molar-refractivity contribution >= 4 is 44.6 Å². The summed E-state index contributed by atoms with van der Waals surface area (Å²) in [6.07, 6.45) is 0. The van der Waals surface area contributed by atoms with Crippen LogP contribution in [0.5, 0.6) is 0 Å². The molecule has 4 aromatic rings. The third-order valence-corrected chi connectivity index (χ3v) is 5.89. The van der Waals surface area contributed by atoms with Crippen LogP contribution in [0.3, 0.4) is 0 Å². The van der Waals surface area contributed by atoms with E-state index < -0.39 is 5.69 Å². The van der Waals surface area contributed by atoms with Gasteiger partial charge in [-0.05, 0) is 37.4 Å². The molecule has 0 atom stereocenters. The molecule has 0 saturated heterocycles. The fourth-order valence-corrected chi connectivity index (χ4v) is 4.38. The van der Waals surface area contributed by atoms with Crippen LogP contribution in [0.25, 0.3) is 20.9 Å². The van der Waals surface area contributed by atoms with Crippen molar-refractivity contribution in [2.24, 2.45) is 0 Å². The topological polar surface area (TPSA) is 76.9 Å². The SMILES string of the molecule is Cc1ccc(NC(=O)Cn2c(=O)nc(-c3cccs3)c3nc(C)sc32)cc1. The number of anilines is 1. The minimum absolute atomic E-state index is 0.109. The molecule has 0 aliphatic heterocycles. The summed E-state index contributed by atoms with van der Waals surface area (Å²) in [7, 11) is 0. The first-order valence-electron chi connectivity index (χ1n) is 8.29. The first-order valence-corrected chi connectivity index (χ1v) is 9.99. The van der Waals surface area contributed by atoms with Gasteiger partial charge >= 0.3 is 5.69 Å². The highest BCUT2D eigenvalue weighted by Gasteiger charge is 2.18. The summed E-state index contributed by atoms with van der Waals surface area (Å²) < 4.78 is 1.39. The summed E-state index contributed by atoms with van der Waals surface area (Å²) in [5.74, 6) is -0.279. The Kier molecular flexibility index (Phi) is 4.59. The number of carbonyl (C=O) groups excluding carboxylic acids is 1. The van der Waals surface area contributed by atoms with Crippen LogP contribution in [0.1, 0.15) is 10.6 Å². The Morgan fingerprint density at radius 3 is 2.63 bits per heavy atom. The van der Waals surface area contributed by atoms with E-state index in [-0.39, 0.29) is 12.5 Å². The molecule has 4 rings (SSSR count). The van der Waals surface area contributed by atoms with Crippen molar-refractivity contribution in [3.05, 3.63) is 62.8 Å². The monoisotopic (exact) mass is 396 g/mol. The number of nitrogens with zero attached hydrogens (tertiary/aromatic N) is 3. The lowest BCUT2D eigenvalue weighted by Crippen LogP contribution is -2.29. The fourth-order valence-electron chi connectivity index (χ4n) is 2.75. The number of aryl methyl sites for hydroxylation is 2. The van der Waals surface area contributed by atoms with E-state index in [1.807, 2.05) is 55.6 Å². The van der Waals surface area contributed by atoms with Crippen LogP contribution in [-0.4, -0.2) is 20.4 Å². The van der Waals surface area contributed by atoms with E-state index in [1.54, 1.807) is 0 Å². The summed E-state index contributed by atoms with van der Waals surface area (Å²) in [6, 6.07) is 11.3. The van der Waals surface area contributed by atoms with Gasteiger partial charge in [-0.15, -0.1) is 22.7 Å². The first-order chi connectivity index (χ1) is 13.0. The number of benzene rings is 1. The highest BCUT2D eigenvalue weighted by Crippen LogP contribution is 2.31. The van der Waals surface area contributed by atoms with Crippen LogP contribution >= 0.6 is 22.7 Å². The van der Waals surface area contributed by atoms with Crippen molar-refractivity contribution in [2.75, 3.05) is 5.32 Å². The summed E-state index contributed by atoms with van der Waals surface area (Å²) in [6.45, 7) is 3.75. The van der Waals surface area contributed by atoms with E-state index in [4.69, 9.17) is 0 Å². The van der Waals surface area contributed by atoms with Crippen molar-refractivity contribution < 1.29 is 4.79 Å². The molecule has 8 heteroatoms. The zero-order chi connectivity index (χ0) is 19.0. The Labute approximate surface area is 163 Å². The first kappa shape index (κ1) is 17.6. The smallest absolute Gasteiger partial charge is 0.325 e. The Morgan fingerprint density at radius 1 is 1.15 bits per heavy atom. The third kappa shape index (κ3) is 3.54. The minimum atomic E-state index is -0.450. The molecule has 1 N–H and O–H groups in total. The van der Waals surface area contributed by atoms with Crippen molar-refractivity contribution in [1.29, 1.82) is 0 Å². The van der Waals surface area contributed by atoms with Crippen LogP contribution in [0.15, 0.2) is 46.6 Å². The summed E-state index contributed by atoms with van der Waals surface area (Å²) in [5.41, 5.74) is 2.58. The molecule has 0 bridgehead atoms. The fraction of sp³-hybridized carbons (Fsp3) is 0.158. The maximum absolute atomic E-state index is 12.6. The molecule has 6 nitrogen and oxygen atoms in total. The number of carbonyl (C=O) groups is 1. The Bertz CT molecular complexity index is 1180. The second kappa shape index (κ2) is 7.05. The number of rotatable bonds is 4. The highest BCUT2D eigenvalue weighted by molar-refractivity contribution is 7.18. The van der Waals surface area contributed by atoms with Gasteiger partial charge in [-0.1, -0.05) is 23.8 Å². The second-order valence-corrected chi connectivity index (χ2v) is 8.24. The van der Waals surface area contributed by atoms with Gasteiger partial charge < -0.3 is 5.32 Å². The van der Waals surface area contributed by atoms with Gasteiger partial charge in [0.1, 0.15) is 22.6 Å². The minimum Gasteiger partial charge on any atom is -0.325 e. The second-order valence-electron chi connectivity index (χ2n) is 6.11. The number of thiophene rings is 1. The molecule has 1 amide bonds. The Morgan fingerprint density at radius 2 is 1.93 bits per heavy atom. The van der Waals surface area contributed by atoms with Gasteiger partial charge in [-0.2, -0.15) is 4.98 Å². The largest absolute Gasteiger partial charge is 0.349 e. The van der Waals surface area contributed by atoms with Gasteiger partial charge in [-0.25, -0.2) is 9.78 Å². The van der Waals surface area contributed by atoms with E-state index in [0.29, 0.717) is 21.7 Å². The highest BCUT2D eigenvalue weighted by atomic mass is 32.1. The number of nitrogens with one attached hydrogen (secondary N) is 1. The van der Waals surface area contributed by atoms with Crippen molar-refractivity contribution in [1.82, 2.24) is 14.5 Å². The average Bonchev–Trinajstić information content (AvgIpc) is 3.29. The maximum Gasteiger partial charge on any atom is 0.349 e. The molecule has 136 valence electrons. The predicted octanol–water partition coefficient (Wildman–Crippen LogP) is 3.84. The van der Waals surface area contributed by atoms with Crippen molar-refractivity contribution in [3.8, 4) is 10.6 Å². The van der Waals surface area contributed by atoms with E-state index in [9.17, 15) is 9.59 Å². The molecule has 3 aromatic heterocycles. The number of thiazole rings is 1. The molecule has 0 radical (unpaired) electrons. The lowest BCUT2D eigenvalue weighted by atomic mass is 10.2. The van der Waals surface area contributed by atoms with Crippen LogP contribution in [-0.2, 0) is 11.3 Å². The number of fused-ring (bicyclic) bond motifs is 1. The zero-order valence-corrected chi connectivity index (χ0v) is 16.4. The van der Waals surface area contributed by atoms with E-state index in [0.717, 1.165) is 15.4 Å². The molecular weight excluding hydrogens is 380 g/mol. The molecule has 0 fully saturated rings. The molecule has 0 spiro atoms. The maximum atomic E-state index is 12.6. The predicted molar refractivity (Wildman–Crippen MR) is 110 cm³/mol. The van der Waals surface area contributed by atoms with Gasteiger partial charge in [0, 0.05) is 5.69 Å². The van der Waals surface area contributed by atoms with Gasteiger partial charge in [0.15, 0.2) is 0 Å². The number of hydrogen-bond acceptors (Lipinski definition) is 6. The van der Waals surface area contributed by atoms with E-state index >= 15 is 0 Å². The van der Waals surface area contributed by atoms with Gasteiger partial charge in [0.2, 0.25) is 5.91 Å². The molecular formula is C19H16N4O2S2. The van der Waals surface area contributed by atoms with Gasteiger partial charge in [-0.3, -0.25) is 9.36 Å². The summed E-state index contributed by atoms with van der Waals surface area (Å²) in [5, 5.41) is 5.57. The molecule has 1 aromatic carbocycles. The standard InChI is InChI=1S/C19H16N4O2S2/c1-11-5-7-13(8-6-11)21-15(24)10-23-18-17(20-12(2)27-18)16(22-19(23)25)14-4-3-9-26-14/h3-9H,10H2,1-2H3,(H,21,24). The van der Waals surface area contributed by atoms with E-state index in [2.05, 4.69) is 15.3 Å². The van der Waals surface area contributed by atoms with Gasteiger partial charge in [0.05, 0.1) is 9.88 Å². The zero-order valence-electron chi connectivity index (χ0n) is 14.7. The number of aromatic nitrogens is 3. The molecule has 27 heavy (non-hydrogen) atoms. The average molecular weight is 396 g/mol. The lowest BCUT2D eigenvalue weighted by Gasteiger charge is -2.09. The molecule has 0 saturated carbocycles. The van der Waals surface area contributed by atoms with E-state index in [1.165, 1.54) is 27.2 Å². The Hall–Kier alpha value is -2.84. The van der Waals surface area contributed by atoms with Crippen LogP contribution in [0, 0.1) is 13.8 Å². The van der Waals surface area contributed by atoms with Gasteiger partial charge in [0.25, 0.3) is 0 Å². The number of hydrogen-bond donors (Lipinski definition) is 1. The lowest BCUT2D eigenvalue weighted by molar-refractivity contribution is -0.116.